The summed E-state index contributed by atoms with van der Waals surface area (Å²) in [6.07, 6.45) is 0. The molecule has 0 fully saturated rings. The van der Waals surface area contributed by atoms with Gasteiger partial charge in [-0.1, -0.05) is 32.9 Å². The van der Waals surface area contributed by atoms with E-state index in [4.69, 9.17) is 5.73 Å². The SMILES string of the molecule is CC(C)C(C)C(N)c1ccc2c(c1)C(C)(C)C(=O)N2. The van der Waals surface area contributed by atoms with E-state index in [2.05, 4.69) is 32.2 Å². The van der Waals surface area contributed by atoms with Crippen molar-refractivity contribution in [3.63, 3.8) is 0 Å². The van der Waals surface area contributed by atoms with Gasteiger partial charge in [0.2, 0.25) is 5.91 Å². The summed E-state index contributed by atoms with van der Waals surface area (Å²) in [5.41, 5.74) is 8.98. The Balaban J connectivity index is 2.38. The van der Waals surface area contributed by atoms with Crippen LogP contribution >= 0.6 is 0 Å². The lowest BCUT2D eigenvalue weighted by molar-refractivity contribution is -0.119. The second-order valence-corrected chi connectivity index (χ2v) is 6.51. The molecule has 1 heterocycles. The topological polar surface area (TPSA) is 55.1 Å². The minimum Gasteiger partial charge on any atom is -0.325 e. The molecule has 1 aromatic carbocycles. The summed E-state index contributed by atoms with van der Waals surface area (Å²) in [4.78, 5) is 11.9. The van der Waals surface area contributed by atoms with Crippen molar-refractivity contribution in [3.05, 3.63) is 29.3 Å². The first-order valence-electron chi connectivity index (χ1n) is 6.96. The lowest BCUT2D eigenvalue weighted by Gasteiger charge is -2.25. The van der Waals surface area contributed by atoms with E-state index in [1.54, 1.807) is 0 Å². The third-order valence-corrected chi connectivity index (χ3v) is 4.54. The van der Waals surface area contributed by atoms with Gasteiger partial charge in [0, 0.05) is 11.7 Å². The van der Waals surface area contributed by atoms with Crippen LogP contribution in [0.4, 0.5) is 5.69 Å². The number of hydrogen-bond acceptors (Lipinski definition) is 2. The Morgan fingerprint density at radius 2 is 1.84 bits per heavy atom. The van der Waals surface area contributed by atoms with Crippen molar-refractivity contribution < 1.29 is 4.79 Å². The Kier molecular flexibility index (Phi) is 3.43. The van der Waals surface area contributed by atoms with Crippen LogP contribution in [0.3, 0.4) is 0 Å². The molecule has 3 N–H and O–H groups in total. The van der Waals surface area contributed by atoms with Gasteiger partial charge >= 0.3 is 0 Å². The predicted molar refractivity (Wildman–Crippen MR) is 79.0 cm³/mol. The normalized spacial score (nSPS) is 20.1. The van der Waals surface area contributed by atoms with Crippen LogP contribution < -0.4 is 11.1 Å². The molecule has 2 unspecified atom stereocenters. The number of fused-ring (bicyclic) bond motifs is 1. The van der Waals surface area contributed by atoms with Gasteiger partial charge in [-0.3, -0.25) is 4.79 Å². The molecule has 0 radical (unpaired) electrons. The van der Waals surface area contributed by atoms with Crippen molar-refractivity contribution in [2.24, 2.45) is 17.6 Å². The standard InChI is InChI=1S/C16H24N2O/c1-9(2)10(3)14(17)11-6-7-13-12(8-11)16(4,5)15(19)18-13/h6-10,14H,17H2,1-5H3,(H,18,19). The Labute approximate surface area is 115 Å². The average molecular weight is 260 g/mol. The molecule has 0 aliphatic carbocycles. The highest BCUT2D eigenvalue weighted by Gasteiger charge is 2.38. The highest BCUT2D eigenvalue weighted by atomic mass is 16.2. The van der Waals surface area contributed by atoms with Gasteiger partial charge < -0.3 is 11.1 Å². The lowest BCUT2D eigenvalue weighted by atomic mass is 9.82. The molecular weight excluding hydrogens is 236 g/mol. The molecule has 1 aromatic rings. The maximum atomic E-state index is 11.9. The van der Waals surface area contributed by atoms with Crippen LogP contribution in [0, 0.1) is 11.8 Å². The van der Waals surface area contributed by atoms with Gasteiger partial charge in [0.1, 0.15) is 0 Å². The molecule has 3 nitrogen and oxygen atoms in total. The smallest absolute Gasteiger partial charge is 0.234 e. The summed E-state index contributed by atoms with van der Waals surface area (Å²) in [7, 11) is 0. The summed E-state index contributed by atoms with van der Waals surface area (Å²) in [5.74, 6) is 1.01. The molecule has 3 heteroatoms. The summed E-state index contributed by atoms with van der Waals surface area (Å²) >= 11 is 0. The molecule has 1 aliphatic heterocycles. The quantitative estimate of drug-likeness (QED) is 0.876. The first-order valence-corrected chi connectivity index (χ1v) is 6.96. The highest BCUT2D eigenvalue weighted by Crippen LogP contribution is 2.39. The molecule has 104 valence electrons. The maximum absolute atomic E-state index is 11.9. The van der Waals surface area contributed by atoms with E-state index in [9.17, 15) is 4.79 Å². The van der Waals surface area contributed by atoms with E-state index >= 15 is 0 Å². The number of nitrogens with one attached hydrogen (secondary N) is 1. The fourth-order valence-electron chi connectivity index (χ4n) is 2.51. The second kappa shape index (κ2) is 4.64. The van der Waals surface area contributed by atoms with Gasteiger partial charge in [-0.05, 0) is 42.9 Å². The molecule has 0 saturated heterocycles. The van der Waals surface area contributed by atoms with Gasteiger partial charge in [0.15, 0.2) is 0 Å². The molecule has 0 saturated carbocycles. The number of amides is 1. The van der Waals surface area contributed by atoms with E-state index in [-0.39, 0.29) is 11.9 Å². The Morgan fingerprint density at radius 3 is 2.42 bits per heavy atom. The van der Waals surface area contributed by atoms with E-state index in [1.807, 2.05) is 26.0 Å². The Hall–Kier alpha value is -1.35. The molecule has 2 atom stereocenters. The number of carbonyl (C=O) groups excluding carboxylic acids is 1. The minimum atomic E-state index is -0.466. The van der Waals surface area contributed by atoms with Crippen molar-refractivity contribution in [2.45, 2.75) is 46.1 Å². The molecule has 1 amide bonds. The molecule has 0 spiro atoms. The van der Waals surface area contributed by atoms with Gasteiger partial charge in [-0.25, -0.2) is 0 Å². The van der Waals surface area contributed by atoms with Crippen LogP contribution in [0.15, 0.2) is 18.2 Å². The predicted octanol–water partition coefficient (Wildman–Crippen LogP) is 3.21. The first-order chi connectivity index (χ1) is 8.75. The summed E-state index contributed by atoms with van der Waals surface area (Å²) in [6.45, 7) is 10.5. The zero-order valence-corrected chi connectivity index (χ0v) is 12.4. The zero-order chi connectivity index (χ0) is 14.4. The van der Waals surface area contributed by atoms with E-state index in [1.165, 1.54) is 0 Å². The van der Waals surface area contributed by atoms with E-state index < -0.39 is 5.41 Å². The first kappa shape index (κ1) is 14.1. The number of carbonyl (C=O) groups is 1. The fraction of sp³-hybridized carbons (Fsp3) is 0.562. The lowest BCUT2D eigenvalue weighted by Crippen LogP contribution is -2.27. The van der Waals surface area contributed by atoms with Crippen LogP contribution in [0.25, 0.3) is 0 Å². The van der Waals surface area contributed by atoms with Crippen molar-refractivity contribution in [1.29, 1.82) is 0 Å². The Bertz CT molecular complexity index is 505. The summed E-state index contributed by atoms with van der Waals surface area (Å²) in [5, 5.41) is 2.93. The molecule has 2 rings (SSSR count). The van der Waals surface area contributed by atoms with Crippen molar-refractivity contribution in [3.8, 4) is 0 Å². The van der Waals surface area contributed by atoms with Crippen LogP contribution in [-0.4, -0.2) is 5.91 Å². The second-order valence-electron chi connectivity index (χ2n) is 6.51. The van der Waals surface area contributed by atoms with E-state index in [0.717, 1.165) is 16.8 Å². The van der Waals surface area contributed by atoms with Gasteiger partial charge in [0.05, 0.1) is 5.41 Å². The average Bonchev–Trinajstić information content (AvgIpc) is 2.58. The monoisotopic (exact) mass is 260 g/mol. The zero-order valence-electron chi connectivity index (χ0n) is 12.4. The van der Waals surface area contributed by atoms with Crippen molar-refractivity contribution in [2.75, 3.05) is 5.32 Å². The maximum Gasteiger partial charge on any atom is 0.234 e. The van der Waals surface area contributed by atoms with Crippen LogP contribution in [-0.2, 0) is 10.2 Å². The van der Waals surface area contributed by atoms with Crippen molar-refractivity contribution in [1.82, 2.24) is 0 Å². The number of rotatable bonds is 3. The number of anilines is 1. The fourth-order valence-corrected chi connectivity index (χ4v) is 2.51. The summed E-state index contributed by atoms with van der Waals surface area (Å²) < 4.78 is 0. The molecule has 1 aliphatic rings. The molecular formula is C16H24N2O. The van der Waals surface area contributed by atoms with Crippen LogP contribution in [0.2, 0.25) is 0 Å². The highest BCUT2D eigenvalue weighted by molar-refractivity contribution is 6.05. The summed E-state index contributed by atoms with van der Waals surface area (Å²) in [6, 6.07) is 6.11. The largest absolute Gasteiger partial charge is 0.325 e. The van der Waals surface area contributed by atoms with Gasteiger partial charge in [-0.15, -0.1) is 0 Å². The van der Waals surface area contributed by atoms with Gasteiger partial charge in [0.25, 0.3) is 0 Å². The number of benzene rings is 1. The molecule has 0 aromatic heterocycles. The third kappa shape index (κ3) is 2.27. The van der Waals surface area contributed by atoms with Crippen molar-refractivity contribution >= 4 is 11.6 Å². The van der Waals surface area contributed by atoms with Crippen LogP contribution in [0.5, 0.6) is 0 Å². The van der Waals surface area contributed by atoms with Gasteiger partial charge in [-0.2, -0.15) is 0 Å². The van der Waals surface area contributed by atoms with Crippen LogP contribution in [0.1, 0.15) is 51.8 Å². The Morgan fingerprint density at radius 1 is 1.21 bits per heavy atom. The molecule has 0 bridgehead atoms. The van der Waals surface area contributed by atoms with E-state index in [0.29, 0.717) is 11.8 Å². The molecule has 19 heavy (non-hydrogen) atoms. The number of hydrogen-bond donors (Lipinski definition) is 2. The third-order valence-electron chi connectivity index (χ3n) is 4.54. The number of nitrogens with two attached hydrogens (primary N) is 1. The minimum absolute atomic E-state index is 0.0109.